The van der Waals surface area contributed by atoms with E-state index in [2.05, 4.69) is 222 Å². The third-order valence-electron chi connectivity index (χ3n) is 10.7. The molecule has 0 N–H and O–H groups in total. The average molecular weight is 716 g/mol. The highest BCUT2D eigenvalue weighted by Gasteiger charge is 2.16. The van der Waals surface area contributed by atoms with E-state index < -0.39 is 0 Å². The molecule has 0 saturated heterocycles. The van der Waals surface area contributed by atoms with Crippen LogP contribution in [0, 0.1) is 0 Å². The van der Waals surface area contributed by atoms with Crippen molar-refractivity contribution in [2.24, 2.45) is 0 Å². The van der Waals surface area contributed by atoms with Gasteiger partial charge in [0.05, 0.1) is 16.6 Å². The van der Waals surface area contributed by atoms with E-state index in [1.54, 1.807) is 0 Å². The van der Waals surface area contributed by atoms with E-state index in [0.717, 1.165) is 55.8 Å². The predicted octanol–water partition coefficient (Wildman–Crippen LogP) is 14.3. The second-order valence-corrected chi connectivity index (χ2v) is 14.1. The Bertz CT molecular complexity index is 2880. The van der Waals surface area contributed by atoms with Crippen molar-refractivity contribution < 1.29 is 0 Å². The summed E-state index contributed by atoms with van der Waals surface area (Å²) in [6.45, 7) is 0. The molecule has 0 aliphatic rings. The topological polar surface area (TPSA) is 21.1 Å². The lowest BCUT2D eigenvalue weighted by molar-refractivity contribution is 1.18. The maximum atomic E-state index is 4.74. The molecule has 2 heterocycles. The van der Waals surface area contributed by atoms with Crippen molar-refractivity contribution in [2.45, 2.75) is 0 Å². The molecule has 0 atom stereocenters. The van der Waals surface area contributed by atoms with Crippen LogP contribution in [-0.4, -0.2) is 9.55 Å². The first-order chi connectivity index (χ1) is 27.8. The molecule has 0 unspecified atom stereocenters. The Morgan fingerprint density at radius 3 is 1.34 bits per heavy atom. The third kappa shape index (κ3) is 6.21. The molecule has 0 fully saturated rings. The van der Waals surface area contributed by atoms with E-state index >= 15 is 0 Å². The second-order valence-electron chi connectivity index (χ2n) is 14.1. The van der Waals surface area contributed by atoms with E-state index in [4.69, 9.17) is 4.98 Å². The van der Waals surface area contributed by atoms with Gasteiger partial charge in [-0.25, -0.2) is 0 Å². The Kier molecular flexibility index (Phi) is 8.51. The number of nitrogens with zero attached hydrogens (tertiary/aromatic N) is 3. The van der Waals surface area contributed by atoms with Gasteiger partial charge in [-0.2, -0.15) is 0 Å². The Hall–Kier alpha value is -7.49. The number of rotatable bonds is 8. The molecule has 56 heavy (non-hydrogen) atoms. The summed E-state index contributed by atoms with van der Waals surface area (Å²) >= 11 is 0. The van der Waals surface area contributed by atoms with E-state index in [9.17, 15) is 0 Å². The summed E-state index contributed by atoms with van der Waals surface area (Å²) in [5, 5.41) is 1.16. The van der Waals surface area contributed by atoms with Crippen LogP contribution in [-0.2, 0) is 0 Å². The SMILES string of the molecule is c1ccc(-c2ccc(N(c3ccc(-c4cccc(-c5ccccc5)c4)cc3)c3ccc(-c4cccc(-n5c6ccccc6c6ncccc65)c4)cc3)cc2)cc1. The van der Waals surface area contributed by atoms with Gasteiger partial charge in [0.1, 0.15) is 0 Å². The maximum Gasteiger partial charge on any atom is 0.0963 e. The largest absolute Gasteiger partial charge is 0.311 e. The van der Waals surface area contributed by atoms with Gasteiger partial charge >= 0.3 is 0 Å². The van der Waals surface area contributed by atoms with Crippen molar-refractivity contribution in [3.63, 3.8) is 0 Å². The molecular formula is C53H37N3. The Labute approximate surface area is 327 Å². The van der Waals surface area contributed by atoms with Gasteiger partial charge in [-0.3, -0.25) is 4.98 Å². The molecule has 10 aromatic rings. The predicted molar refractivity (Wildman–Crippen MR) is 235 cm³/mol. The molecule has 0 aliphatic heterocycles. The quantitative estimate of drug-likeness (QED) is 0.156. The molecule has 3 nitrogen and oxygen atoms in total. The zero-order chi connectivity index (χ0) is 37.3. The van der Waals surface area contributed by atoms with Crippen LogP contribution in [0.15, 0.2) is 225 Å². The van der Waals surface area contributed by atoms with Gasteiger partial charge in [-0.05, 0) is 117 Å². The number of anilines is 3. The standard InChI is InChI=1S/C53H37N3/c1-3-12-38(13-4-1)40-23-29-46(30-24-40)55(47-31-25-41(26-32-47)44-17-9-16-43(36-44)39-14-5-2-6-15-39)48-33-27-42(28-34-48)45-18-10-19-49(37-45)56-51-21-8-7-20-50(51)53-52(56)22-11-35-54-53/h1-37H. The molecule has 3 heteroatoms. The summed E-state index contributed by atoms with van der Waals surface area (Å²) in [7, 11) is 0. The van der Waals surface area contributed by atoms with E-state index in [1.807, 2.05) is 12.3 Å². The summed E-state index contributed by atoms with van der Waals surface area (Å²) in [5.74, 6) is 0. The summed E-state index contributed by atoms with van der Waals surface area (Å²) in [6.07, 6.45) is 1.87. The van der Waals surface area contributed by atoms with E-state index in [1.165, 1.54) is 33.4 Å². The van der Waals surface area contributed by atoms with Gasteiger partial charge in [0.25, 0.3) is 0 Å². The number of hydrogen-bond donors (Lipinski definition) is 0. The molecule has 10 rings (SSSR count). The Morgan fingerprint density at radius 2 is 0.750 bits per heavy atom. The smallest absolute Gasteiger partial charge is 0.0963 e. The monoisotopic (exact) mass is 715 g/mol. The minimum atomic E-state index is 1.02. The minimum absolute atomic E-state index is 1.02. The lowest BCUT2D eigenvalue weighted by Gasteiger charge is -2.26. The first-order valence-electron chi connectivity index (χ1n) is 19.0. The number of fused-ring (bicyclic) bond motifs is 3. The van der Waals surface area contributed by atoms with Crippen LogP contribution < -0.4 is 4.90 Å². The fourth-order valence-corrected chi connectivity index (χ4v) is 7.88. The molecule has 0 spiro atoms. The van der Waals surface area contributed by atoms with Gasteiger partial charge in [0.15, 0.2) is 0 Å². The zero-order valence-corrected chi connectivity index (χ0v) is 30.7. The molecule has 0 amide bonds. The van der Waals surface area contributed by atoms with E-state index in [0.29, 0.717) is 0 Å². The maximum absolute atomic E-state index is 4.74. The second kappa shape index (κ2) is 14.4. The van der Waals surface area contributed by atoms with Crippen LogP contribution in [0.4, 0.5) is 17.1 Å². The zero-order valence-electron chi connectivity index (χ0n) is 30.7. The normalized spacial score (nSPS) is 11.2. The lowest BCUT2D eigenvalue weighted by Crippen LogP contribution is -2.09. The fraction of sp³-hybridized carbons (Fsp3) is 0. The number of aromatic nitrogens is 2. The lowest BCUT2D eigenvalue weighted by atomic mass is 9.98. The first-order valence-corrected chi connectivity index (χ1v) is 19.0. The van der Waals surface area contributed by atoms with Gasteiger partial charge in [-0.15, -0.1) is 0 Å². The van der Waals surface area contributed by atoms with Gasteiger partial charge < -0.3 is 9.47 Å². The average Bonchev–Trinajstić information content (AvgIpc) is 3.62. The van der Waals surface area contributed by atoms with Crippen molar-refractivity contribution >= 4 is 39.0 Å². The van der Waals surface area contributed by atoms with Gasteiger partial charge in [-0.1, -0.05) is 146 Å². The number of pyridine rings is 1. The summed E-state index contributed by atoms with van der Waals surface area (Å²) in [4.78, 5) is 7.08. The van der Waals surface area contributed by atoms with Crippen LogP contribution in [0.5, 0.6) is 0 Å². The first kappa shape index (κ1) is 33.1. The molecule has 0 bridgehead atoms. The highest BCUT2D eigenvalue weighted by Crippen LogP contribution is 2.39. The molecule has 0 radical (unpaired) electrons. The van der Waals surface area contributed by atoms with Crippen LogP contribution >= 0.6 is 0 Å². The van der Waals surface area contributed by atoms with Gasteiger partial charge in [0.2, 0.25) is 0 Å². The summed E-state index contributed by atoms with van der Waals surface area (Å²) < 4.78 is 2.32. The van der Waals surface area contributed by atoms with Crippen molar-refractivity contribution in [3.8, 4) is 50.2 Å². The number of para-hydroxylation sites is 1. The molecule has 0 aliphatic carbocycles. The van der Waals surface area contributed by atoms with Crippen LogP contribution in [0.1, 0.15) is 0 Å². The van der Waals surface area contributed by atoms with Gasteiger partial charge in [0, 0.05) is 34.3 Å². The number of hydrogen-bond acceptors (Lipinski definition) is 2. The summed E-state index contributed by atoms with van der Waals surface area (Å²) in [5.41, 5.74) is 17.2. The Balaban J connectivity index is 1.01. The van der Waals surface area contributed by atoms with Crippen LogP contribution in [0.2, 0.25) is 0 Å². The van der Waals surface area contributed by atoms with Crippen LogP contribution in [0.25, 0.3) is 72.1 Å². The van der Waals surface area contributed by atoms with E-state index in [-0.39, 0.29) is 0 Å². The molecular weight excluding hydrogens is 679 g/mol. The molecule has 8 aromatic carbocycles. The fourth-order valence-electron chi connectivity index (χ4n) is 7.88. The number of benzene rings is 8. The third-order valence-corrected chi connectivity index (χ3v) is 10.7. The summed E-state index contributed by atoms with van der Waals surface area (Å²) in [6, 6.07) is 78.1. The van der Waals surface area contributed by atoms with Crippen molar-refractivity contribution in [3.05, 3.63) is 225 Å². The van der Waals surface area contributed by atoms with Crippen molar-refractivity contribution in [1.29, 1.82) is 0 Å². The Morgan fingerprint density at radius 1 is 0.321 bits per heavy atom. The highest BCUT2D eigenvalue weighted by atomic mass is 15.1. The van der Waals surface area contributed by atoms with Crippen molar-refractivity contribution in [1.82, 2.24) is 9.55 Å². The molecule has 2 aromatic heterocycles. The minimum Gasteiger partial charge on any atom is -0.311 e. The van der Waals surface area contributed by atoms with Crippen LogP contribution in [0.3, 0.4) is 0 Å². The molecule has 0 saturated carbocycles. The highest BCUT2D eigenvalue weighted by molar-refractivity contribution is 6.07. The van der Waals surface area contributed by atoms with Crippen molar-refractivity contribution in [2.75, 3.05) is 4.90 Å². The molecule has 264 valence electrons.